The fourth-order valence-electron chi connectivity index (χ4n) is 1.84. The Bertz CT molecular complexity index is 258. The normalized spacial score (nSPS) is 19.2. The maximum atomic E-state index is 11.8. The standard InChI is InChI=1S/C12H23O2P/c1-2-3-4-5-6-7-11-15(13,14)12-9-8-10-12/h9H,2-8,10-11H2,1H3,(H,13,14). The molecule has 1 unspecified atom stereocenters. The van der Waals surface area contributed by atoms with Crippen molar-refractivity contribution in [3.05, 3.63) is 11.4 Å². The summed E-state index contributed by atoms with van der Waals surface area (Å²) in [5, 5.41) is 0.830. The average molecular weight is 230 g/mol. The summed E-state index contributed by atoms with van der Waals surface area (Å²) in [4.78, 5) is 9.72. The third kappa shape index (κ3) is 4.53. The molecule has 0 aromatic rings. The van der Waals surface area contributed by atoms with Crippen LogP contribution in [0, 0.1) is 0 Å². The van der Waals surface area contributed by atoms with Gasteiger partial charge in [0.1, 0.15) is 0 Å². The van der Waals surface area contributed by atoms with E-state index >= 15 is 0 Å². The number of hydrogen-bond acceptors (Lipinski definition) is 1. The number of allylic oxidation sites excluding steroid dienone is 2. The second-order valence-corrected chi connectivity index (χ2v) is 6.85. The van der Waals surface area contributed by atoms with Crippen LogP contribution in [-0.2, 0) is 4.57 Å². The van der Waals surface area contributed by atoms with E-state index in [0.29, 0.717) is 6.16 Å². The van der Waals surface area contributed by atoms with Crippen LogP contribution < -0.4 is 0 Å². The maximum Gasteiger partial charge on any atom is 0.225 e. The Labute approximate surface area is 93.2 Å². The molecule has 1 atom stereocenters. The van der Waals surface area contributed by atoms with Crippen LogP contribution in [0.2, 0.25) is 0 Å². The third-order valence-electron chi connectivity index (χ3n) is 3.04. The highest BCUT2D eigenvalue weighted by atomic mass is 31.2. The SMILES string of the molecule is CCCCCCCCP(=O)(O)C1=CCC1. The summed E-state index contributed by atoms with van der Waals surface area (Å²) in [6, 6.07) is 0. The van der Waals surface area contributed by atoms with Gasteiger partial charge in [-0.05, 0) is 19.3 Å². The first-order valence-corrected chi connectivity index (χ1v) is 8.02. The van der Waals surface area contributed by atoms with Gasteiger partial charge in [0.05, 0.1) is 0 Å². The molecule has 0 aliphatic heterocycles. The van der Waals surface area contributed by atoms with E-state index in [9.17, 15) is 9.46 Å². The second kappa shape index (κ2) is 6.50. The van der Waals surface area contributed by atoms with Crippen molar-refractivity contribution in [2.24, 2.45) is 0 Å². The van der Waals surface area contributed by atoms with Crippen molar-refractivity contribution in [1.82, 2.24) is 0 Å². The molecule has 0 aromatic carbocycles. The van der Waals surface area contributed by atoms with Gasteiger partial charge in [-0.3, -0.25) is 4.57 Å². The predicted octanol–water partition coefficient (Wildman–Crippen LogP) is 4.30. The Hall–Kier alpha value is -0.0700. The largest absolute Gasteiger partial charge is 0.341 e. The van der Waals surface area contributed by atoms with Crippen molar-refractivity contribution in [1.29, 1.82) is 0 Å². The van der Waals surface area contributed by atoms with Gasteiger partial charge in [0.15, 0.2) is 0 Å². The van der Waals surface area contributed by atoms with Crippen molar-refractivity contribution in [3.63, 3.8) is 0 Å². The second-order valence-electron chi connectivity index (χ2n) is 4.43. The minimum atomic E-state index is -2.89. The Morgan fingerprint density at radius 1 is 1.27 bits per heavy atom. The molecule has 0 heterocycles. The van der Waals surface area contributed by atoms with Gasteiger partial charge in [-0.1, -0.05) is 45.1 Å². The summed E-state index contributed by atoms with van der Waals surface area (Å²) in [7, 11) is -2.89. The summed E-state index contributed by atoms with van der Waals surface area (Å²) in [6.07, 6.45) is 11.3. The van der Waals surface area contributed by atoms with Crippen LogP contribution in [0.1, 0.15) is 58.3 Å². The van der Waals surface area contributed by atoms with Gasteiger partial charge in [-0.2, -0.15) is 0 Å². The van der Waals surface area contributed by atoms with E-state index in [1.807, 2.05) is 6.08 Å². The van der Waals surface area contributed by atoms with E-state index < -0.39 is 7.37 Å². The van der Waals surface area contributed by atoms with Crippen molar-refractivity contribution < 1.29 is 9.46 Å². The molecular weight excluding hydrogens is 207 g/mol. The lowest BCUT2D eigenvalue weighted by Crippen LogP contribution is -1.99. The molecule has 1 aliphatic rings. The molecule has 2 nitrogen and oxygen atoms in total. The minimum Gasteiger partial charge on any atom is -0.341 e. The molecular formula is C12H23O2P. The van der Waals surface area contributed by atoms with Gasteiger partial charge in [0.25, 0.3) is 0 Å². The molecule has 3 heteroatoms. The van der Waals surface area contributed by atoms with Crippen LogP contribution in [0.15, 0.2) is 11.4 Å². The average Bonchev–Trinajstić information content (AvgIpc) is 2.07. The fraction of sp³-hybridized carbons (Fsp3) is 0.833. The van der Waals surface area contributed by atoms with E-state index in [1.165, 1.54) is 25.7 Å². The molecule has 0 radical (unpaired) electrons. The zero-order chi connectivity index (χ0) is 11.1. The number of rotatable bonds is 8. The highest BCUT2D eigenvalue weighted by Gasteiger charge is 2.26. The molecule has 0 amide bonds. The lowest BCUT2D eigenvalue weighted by Gasteiger charge is -2.20. The van der Waals surface area contributed by atoms with E-state index in [-0.39, 0.29) is 0 Å². The van der Waals surface area contributed by atoms with Gasteiger partial charge in [0.2, 0.25) is 7.37 Å². The summed E-state index contributed by atoms with van der Waals surface area (Å²) in [5.74, 6) is 0. The quantitative estimate of drug-likeness (QED) is 0.498. The fourth-order valence-corrected chi connectivity index (χ4v) is 3.67. The first-order valence-electron chi connectivity index (χ1n) is 6.18. The molecule has 1 rings (SSSR count). The topological polar surface area (TPSA) is 37.3 Å². The molecule has 0 fully saturated rings. The molecule has 0 bridgehead atoms. The Balaban J connectivity index is 2.06. The van der Waals surface area contributed by atoms with Crippen LogP contribution >= 0.6 is 7.37 Å². The Morgan fingerprint density at radius 3 is 2.40 bits per heavy atom. The van der Waals surface area contributed by atoms with Crippen LogP contribution in [0.3, 0.4) is 0 Å². The maximum absolute atomic E-state index is 11.8. The Kier molecular flexibility index (Phi) is 5.63. The first-order chi connectivity index (χ1) is 7.17. The predicted molar refractivity (Wildman–Crippen MR) is 65.4 cm³/mol. The zero-order valence-corrected chi connectivity index (χ0v) is 10.6. The molecule has 0 saturated carbocycles. The monoisotopic (exact) mass is 230 g/mol. The van der Waals surface area contributed by atoms with E-state index in [0.717, 1.165) is 31.0 Å². The van der Waals surface area contributed by atoms with E-state index in [4.69, 9.17) is 0 Å². The smallest absolute Gasteiger partial charge is 0.225 e. The number of unbranched alkanes of at least 4 members (excludes halogenated alkanes) is 5. The van der Waals surface area contributed by atoms with Gasteiger partial charge in [-0.15, -0.1) is 0 Å². The summed E-state index contributed by atoms with van der Waals surface area (Å²) in [6.45, 7) is 2.20. The van der Waals surface area contributed by atoms with Gasteiger partial charge in [0, 0.05) is 11.5 Å². The zero-order valence-electron chi connectivity index (χ0n) is 9.74. The lowest BCUT2D eigenvalue weighted by molar-refractivity contribution is 0.477. The number of hydrogen-bond donors (Lipinski definition) is 1. The lowest BCUT2D eigenvalue weighted by atomic mass is 10.1. The van der Waals surface area contributed by atoms with E-state index in [2.05, 4.69) is 6.92 Å². The third-order valence-corrected chi connectivity index (χ3v) is 5.27. The Morgan fingerprint density at radius 2 is 1.87 bits per heavy atom. The molecule has 0 spiro atoms. The molecule has 1 aliphatic carbocycles. The van der Waals surface area contributed by atoms with Crippen molar-refractivity contribution >= 4 is 7.37 Å². The van der Waals surface area contributed by atoms with Crippen LogP contribution in [0.5, 0.6) is 0 Å². The molecule has 0 aromatic heterocycles. The van der Waals surface area contributed by atoms with Gasteiger partial charge < -0.3 is 4.89 Å². The van der Waals surface area contributed by atoms with Crippen molar-refractivity contribution in [3.8, 4) is 0 Å². The highest BCUT2D eigenvalue weighted by Crippen LogP contribution is 2.55. The van der Waals surface area contributed by atoms with Crippen LogP contribution in [-0.4, -0.2) is 11.1 Å². The summed E-state index contributed by atoms with van der Waals surface area (Å²) >= 11 is 0. The first kappa shape index (κ1) is 13.0. The van der Waals surface area contributed by atoms with Crippen molar-refractivity contribution in [2.75, 3.05) is 6.16 Å². The minimum absolute atomic E-state index is 0.505. The van der Waals surface area contributed by atoms with Crippen LogP contribution in [0.4, 0.5) is 0 Å². The molecule has 15 heavy (non-hydrogen) atoms. The van der Waals surface area contributed by atoms with Crippen LogP contribution in [0.25, 0.3) is 0 Å². The molecule has 88 valence electrons. The van der Waals surface area contributed by atoms with E-state index in [1.54, 1.807) is 0 Å². The molecule has 0 saturated heterocycles. The van der Waals surface area contributed by atoms with Gasteiger partial charge in [-0.25, -0.2) is 0 Å². The van der Waals surface area contributed by atoms with Crippen molar-refractivity contribution in [2.45, 2.75) is 58.3 Å². The summed E-state index contributed by atoms with van der Waals surface area (Å²) < 4.78 is 11.8. The molecule has 1 N–H and O–H groups in total. The van der Waals surface area contributed by atoms with Gasteiger partial charge >= 0.3 is 0 Å². The summed E-state index contributed by atoms with van der Waals surface area (Å²) in [5.41, 5.74) is 0. The highest BCUT2D eigenvalue weighted by molar-refractivity contribution is 7.62.